The number of aromatic carboxylic acids is 1. The van der Waals surface area contributed by atoms with Gasteiger partial charge in [-0.1, -0.05) is 6.92 Å². The van der Waals surface area contributed by atoms with Crippen LogP contribution in [-0.4, -0.2) is 22.1 Å². The van der Waals surface area contributed by atoms with E-state index in [0.717, 1.165) is 11.3 Å². The molecular weight excluding hydrogens is 278 g/mol. The number of benzene rings is 1. The van der Waals surface area contributed by atoms with Crippen molar-refractivity contribution in [2.45, 2.75) is 13.3 Å². The van der Waals surface area contributed by atoms with E-state index >= 15 is 0 Å². The molecule has 0 saturated heterocycles. The van der Waals surface area contributed by atoms with E-state index in [1.54, 1.807) is 6.07 Å². The molecule has 0 unspecified atom stereocenters. The highest BCUT2D eigenvalue weighted by Gasteiger charge is 2.13. The molecule has 1 aromatic heterocycles. The highest BCUT2D eigenvalue weighted by atomic mass is 32.1. The minimum Gasteiger partial charge on any atom is -0.506 e. The summed E-state index contributed by atoms with van der Waals surface area (Å²) in [6.07, 6.45) is 0.845. The molecule has 0 spiro atoms. The number of amides is 1. The number of anilines is 1. The number of aromatic hydroxyl groups is 1. The fourth-order valence-corrected chi connectivity index (χ4v) is 2.49. The molecule has 0 fully saturated rings. The molecule has 1 aromatic carbocycles. The minimum absolute atomic E-state index is 0.00136. The van der Waals surface area contributed by atoms with Crippen LogP contribution in [0.3, 0.4) is 0 Å². The molecule has 0 aliphatic carbocycles. The molecule has 20 heavy (non-hydrogen) atoms. The van der Waals surface area contributed by atoms with Crippen molar-refractivity contribution in [2.24, 2.45) is 0 Å². The van der Waals surface area contributed by atoms with E-state index in [1.165, 1.54) is 29.5 Å². The molecule has 0 radical (unpaired) electrons. The van der Waals surface area contributed by atoms with Crippen molar-refractivity contribution in [3.8, 4) is 5.75 Å². The molecule has 0 bridgehead atoms. The first-order chi connectivity index (χ1) is 9.51. The van der Waals surface area contributed by atoms with E-state index in [-0.39, 0.29) is 22.9 Å². The Morgan fingerprint density at radius 1 is 1.25 bits per heavy atom. The zero-order valence-corrected chi connectivity index (χ0v) is 11.5. The fraction of sp³-hybridized carbons (Fsp3) is 0.143. The lowest BCUT2D eigenvalue weighted by atomic mass is 10.2. The molecule has 5 nitrogen and oxygen atoms in total. The van der Waals surface area contributed by atoms with E-state index in [1.807, 2.05) is 13.0 Å². The number of phenols is 1. The SMILES string of the molecule is CCc1ccc(C(=O)Nc2cc(C(=O)O)ccc2O)s1. The van der Waals surface area contributed by atoms with Gasteiger partial charge in [-0.2, -0.15) is 0 Å². The normalized spacial score (nSPS) is 10.2. The van der Waals surface area contributed by atoms with Crippen LogP contribution in [0.15, 0.2) is 30.3 Å². The molecule has 0 aliphatic heterocycles. The van der Waals surface area contributed by atoms with Crippen molar-refractivity contribution in [3.63, 3.8) is 0 Å². The Labute approximate surface area is 119 Å². The summed E-state index contributed by atoms with van der Waals surface area (Å²) in [5.41, 5.74) is 0.0832. The second kappa shape index (κ2) is 5.75. The highest BCUT2D eigenvalue weighted by molar-refractivity contribution is 7.14. The monoisotopic (exact) mass is 291 g/mol. The predicted molar refractivity (Wildman–Crippen MR) is 76.7 cm³/mol. The van der Waals surface area contributed by atoms with Crippen LogP contribution in [-0.2, 0) is 6.42 Å². The van der Waals surface area contributed by atoms with Gasteiger partial charge in [-0.25, -0.2) is 4.79 Å². The molecule has 6 heteroatoms. The summed E-state index contributed by atoms with van der Waals surface area (Å²) in [7, 11) is 0. The summed E-state index contributed by atoms with van der Waals surface area (Å²) in [6, 6.07) is 7.31. The van der Waals surface area contributed by atoms with Gasteiger partial charge in [-0.3, -0.25) is 4.79 Å². The third kappa shape index (κ3) is 2.97. The zero-order valence-electron chi connectivity index (χ0n) is 10.7. The lowest BCUT2D eigenvalue weighted by Gasteiger charge is -2.07. The number of hydrogen-bond donors (Lipinski definition) is 3. The summed E-state index contributed by atoms with van der Waals surface area (Å²) in [4.78, 5) is 24.5. The number of nitrogens with one attached hydrogen (secondary N) is 1. The van der Waals surface area contributed by atoms with Gasteiger partial charge in [-0.15, -0.1) is 11.3 Å². The number of hydrogen-bond acceptors (Lipinski definition) is 4. The van der Waals surface area contributed by atoms with Crippen molar-refractivity contribution in [1.82, 2.24) is 0 Å². The topological polar surface area (TPSA) is 86.6 Å². The first-order valence-electron chi connectivity index (χ1n) is 5.97. The first-order valence-corrected chi connectivity index (χ1v) is 6.79. The van der Waals surface area contributed by atoms with Crippen LogP contribution in [0, 0.1) is 0 Å². The second-order valence-electron chi connectivity index (χ2n) is 4.11. The number of phenolic OH excluding ortho intramolecular Hbond substituents is 1. The van der Waals surface area contributed by atoms with Gasteiger partial charge in [0.2, 0.25) is 0 Å². The third-order valence-corrected chi connectivity index (χ3v) is 3.95. The number of carbonyl (C=O) groups excluding carboxylic acids is 1. The summed E-state index contributed by atoms with van der Waals surface area (Å²) < 4.78 is 0. The lowest BCUT2D eigenvalue weighted by molar-refractivity contribution is 0.0696. The maximum atomic E-state index is 12.0. The van der Waals surface area contributed by atoms with E-state index < -0.39 is 5.97 Å². The van der Waals surface area contributed by atoms with Crippen LogP contribution in [0.25, 0.3) is 0 Å². The largest absolute Gasteiger partial charge is 0.506 e. The van der Waals surface area contributed by atoms with E-state index in [9.17, 15) is 14.7 Å². The van der Waals surface area contributed by atoms with Gasteiger partial charge in [0.15, 0.2) is 0 Å². The van der Waals surface area contributed by atoms with Gasteiger partial charge in [0.25, 0.3) is 5.91 Å². The maximum absolute atomic E-state index is 12.0. The minimum atomic E-state index is -1.12. The maximum Gasteiger partial charge on any atom is 0.335 e. The van der Waals surface area contributed by atoms with Crippen LogP contribution in [0.2, 0.25) is 0 Å². The van der Waals surface area contributed by atoms with Gasteiger partial charge < -0.3 is 15.5 Å². The molecule has 1 heterocycles. The first kappa shape index (κ1) is 14.1. The van der Waals surface area contributed by atoms with Gasteiger partial charge in [-0.05, 0) is 36.8 Å². The van der Waals surface area contributed by atoms with Crippen molar-refractivity contribution in [3.05, 3.63) is 45.6 Å². The van der Waals surface area contributed by atoms with Crippen molar-refractivity contribution in [2.75, 3.05) is 5.32 Å². The van der Waals surface area contributed by atoms with Gasteiger partial charge in [0, 0.05) is 4.88 Å². The van der Waals surface area contributed by atoms with Crippen LogP contribution in [0.4, 0.5) is 5.69 Å². The standard InChI is InChI=1S/C14H13NO4S/c1-2-9-4-6-12(20-9)13(17)15-10-7-8(14(18)19)3-5-11(10)16/h3-7,16H,2H2,1H3,(H,15,17)(H,18,19). The van der Waals surface area contributed by atoms with Crippen molar-refractivity contribution < 1.29 is 19.8 Å². The molecule has 0 aliphatic rings. The zero-order chi connectivity index (χ0) is 14.7. The Kier molecular flexibility index (Phi) is 4.05. The molecule has 0 saturated carbocycles. The number of rotatable bonds is 4. The molecular formula is C14H13NO4S. The quantitative estimate of drug-likeness (QED) is 0.756. The third-order valence-electron chi connectivity index (χ3n) is 2.73. The molecule has 3 N–H and O–H groups in total. The highest BCUT2D eigenvalue weighted by Crippen LogP contribution is 2.26. The Balaban J connectivity index is 2.22. The summed E-state index contributed by atoms with van der Waals surface area (Å²) in [6.45, 7) is 2.00. The Morgan fingerprint density at radius 3 is 2.60 bits per heavy atom. The van der Waals surface area contributed by atoms with Crippen LogP contribution in [0.1, 0.15) is 31.8 Å². The summed E-state index contributed by atoms with van der Waals surface area (Å²) in [5, 5.41) is 21.1. The molecule has 0 atom stereocenters. The van der Waals surface area contributed by atoms with E-state index in [0.29, 0.717) is 4.88 Å². The van der Waals surface area contributed by atoms with Crippen LogP contribution < -0.4 is 5.32 Å². The number of aryl methyl sites for hydroxylation is 1. The molecule has 2 aromatic rings. The van der Waals surface area contributed by atoms with Crippen molar-refractivity contribution >= 4 is 28.9 Å². The van der Waals surface area contributed by atoms with Gasteiger partial charge >= 0.3 is 5.97 Å². The Hall–Kier alpha value is -2.34. The van der Waals surface area contributed by atoms with Gasteiger partial charge in [0.1, 0.15) is 5.75 Å². The number of thiophene rings is 1. The number of carboxylic acid groups (broad SMARTS) is 1. The Bertz CT molecular complexity index is 663. The second-order valence-corrected chi connectivity index (χ2v) is 5.28. The van der Waals surface area contributed by atoms with Crippen LogP contribution in [0.5, 0.6) is 5.75 Å². The van der Waals surface area contributed by atoms with E-state index in [4.69, 9.17) is 5.11 Å². The smallest absolute Gasteiger partial charge is 0.335 e. The summed E-state index contributed by atoms with van der Waals surface area (Å²) >= 11 is 1.37. The Morgan fingerprint density at radius 2 is 2.00 bits per heavy atom. The predicted octanol–water partition coefficient (Wildman–Crippen LogP) is 2.97. The molecule has 104 valence electrons. The number of carbonyl (C=O) groups is 2. The van der Waals surface area contributed by atoms with Crippen molar-refractivity contribution in [1.29, 1.82) is 0 Å². The summed E-state index contributed by atoms with van der Waals surface area (Å²) in [5.74, 6) is -1.66. The molecule has 1 amide bonds. The average molecular weight is 291 g/mol. The fourth-order valence-electron chi connectivity index (χ4n) is 1.64. The van der Waals surface area contributed by atoms with E-state index in [2.05, 4.69) is 5.32 Å². The van der Waals surface area contributed by atoms with Crippen LogP contribution >= 0.6 is 11.3 Å². The number of carboxylic acids is 1. The average Bonchev–Trinajstić information content (AvgIpc) is 2.89. The lowest BCUT2D eigenvalue weighted by Crippen LogP contribution is -2.11. The van der Waals surface area contributed by atoms with Gasteiger partial charge in [0.05, 0.1) is 16.1 Å². The molecule has 2 rings (SSSR count).